The molecule has 9 heteroatoms. The van der Waals surface area contributed by atoms with Crippen molar-refractivity contribution in [3.8, 4) is 0 Å². The number of rotatable bonds is 9. The second-order valence-corrected chi connectivity index (χ2v) is 7.98. The molecule has 2 amide bonds. The number of halogens is 1. The van der Waals surface area contributed by atoms with E-state index >= 15 is 0 Å². The van der Waals surface area contributed by atoms with Gasteiger partial charge in [0.2, 0.25) is 0 Å². The second-order valence-electron chi connectivity index (χ2n) is 7.13. The van der Waals surface area contributed by atoms with Crippen molar-refractivity contribution >= 4 is 34.1 Å². The fourth-order valence-electron chi connectivity index (χ4n) is 2.18. The zero-order valence-corrected chi connectivity index (χ0v) is 17.9. The van der Waals surface area contributed by atoms with Gasteiger partial charge in [-0.2, -0.15) is 0 Å². The monoisotopic (exact) mass is 458 g/mol. The number of carboxylic acid groups (broad SMARTS) is 1. The van der Waals surface area contributed by atoms with E-state index in [4.69, 9.17) is 9.47 Å². The van der Waals surface area contributed by atoms with E-state index in [-0.39, 0.29) is 13.0 Å². The Hall–Kier alpha value is -2.29. The summed E-state index contributed by atoms with van der Waals surface area (Å²) in [5.74, 6) is -1.13. The van der Waals surface area contributed by atoms with Gasteiger partial charge in [0.1, 0.15) is 18.2 Å². The van der Waals surface area contributed by atoms with Gasteiger partial charge in [0.25, 0.3) is 0 Å². The molecule has 28 heavy (non-hydrogen) atoms. The summed E-state index contributed by atoms with van der Waals surface area (Å²) in [5, 5.41) is 14.2. The number of aliphatic carboxylic acids is 1. The van der Waals surface area contributed by atoms with Crippen LogP contribution in [-0.2, 0) is 20.9 Å². The zero-order valence-electron chi connectivity index (χ0n) is 16.3. The number of amides is 2. The number of carboxylic acids is 1. The summed E-state index contributed by atoms with van der Waals surface area (Å²) in [4.78, 5) is 34.6. The topological polar surface area (TPSA) is 114 Å². The van der Waals surface area contributed by atoms with Crippen LogP contribution < -0.4 is 10.6 Å². The van der Waals surface area contributed by atoms with E-state index in [2.05, 4.69) is 26.6 Å². The molecule has 0 aromatic heterocycles. The molecule has 0 unspecified atom stereocenters. The predicted molar refractivity (Wildman–Crippen MR) is 107 cm³/mol. The van der Waals surface area contributed by atoms with Crippen LogP contribution in [0.3, 0.4) is 0 Å². The molecular formula is C19H27BrN2O6. The molecule has 0 aliphatic carbocycles. The quantitative estimate of drug-likeness (QED) is 0.484. The first-order valence-corrected chi connectivity index (χ1v) is 9.74. The predicted octanol–water partition coefficient (Wildman–Crippen LogP) is 3.82. The lowest BCUT2D eigenvalue weighted by molar-refractivity contribution is -0.139. The molecule has 0 bridgehead atoms. The first kappa shape index (κ1) is 23.7. The Bertz CT molecular complexity index is 675. The van der Waals surface area contributed by atoms with Gasteiger partial charge < -0.3 is 25.2 Å². The molecule has 3 N–H and O–H groups in total. The molecule has 1 atom stereocenters. The molecule has 8 nitrogen and oxygen atoms in total. The average Bonchev–Trinajstić information content (AvgIpc) is 2.58. The number of hydrogen-bond acceptors (Lipinski definition) is 5. The molecule has 1 rings (SSSR count). The standard InChI is InChI=1S/C19H27BrN2O6/c1-19(2,3)28-18(26)22-15(16(23)24)10-6-7-11-21-17(25)27-12-13-8-4-5-9-14(13)20/h4-5,8-9,15H,6-7,10-12H2,1-3H3,(H,21,25)(H,22,26)(H,23,24)/t15-/m1/s1. The van der Waals surface area contributed by atoms with Crippen LogP contribution in [0.25, 0.3) is 0 Å². The van der Waals surface area contributed by atoms with Gasteiger partial charge in [-0.1, -0.05) is 34.1 Å². The highest BCUT2D eigenvalue weighted by atomic mass is 79.9. The molecule has 0 aliphatic heterocycles. The minimum atomic E-state index is -1.13. The van der Waals surface area contributed by atoms with Crippen LogP contribution in [0.5, 0.6) is 0 Å². The Labute approximate surface area is 173 Å². The lowest BCUT2D eigenvalue weighted by Crippen LogP contribution is -2.43. The van der Waals surface area contributed by atoms with Gasteiger partial charge >= 0.3 is 18.2 Å². The maximum Gasteiger partial charge on any atom is 0.408 e. The third-order valence-electron chi connectivity index (χ3n) is 3.49. The maximum absolute atomic E-state index is 11.7. The minimum absolute atomic E-state index is 0.147. The number of nitrogens with one attached hydrogen (secondary N) is 2. The lowest BCUT2D eigenvalue weighted by Gasteiger charge is -2.22. The number of ether oxygens (including phenoxy) is 2. The first-order chi connectivity index (χ1) is 13.1. The van der Waals surface area contributed by atoms with Crippen molar-refractivity contribution in [1.82, 2.24) is 10.6 Å². The number of alkyl carbamates (subject to hydrolysis) is 2. The van der Waals surface area contributed by atoms with E-state index < -0.39 is 29.8 Å². The van der Waals surface area contributed by atoms with Crippen molar-refractivity contribution < 1.29 is 29.0 Å². The van der Waals surface area contributed by atoms with Gasteiger partial charge in [-0.25, -0.2) is 14.4 Å². The molecule has 156 valence electrons. The van der Waals surface area contributed by atoms with Crippen molar-refractivity contribution in [1.29, 1.82) is 0 Å². The van der Waals surface area contributed by atoms with Gasteiger partial charge in [-0.15, -0.1) is 0 Å². The average molecular weight is 459 g/mol. The molecular weight excluding hydrogens is 432 g/mol. The van der Waals surface area contributed by atoms with Crippen LogP contribution in [-0.4, -0.2) is 41.4 Å². The van der Waals surface area contributed by atoms with Gasteiger partial charge in [-0.05, 0) is 46.1 Å². The van der Waals surface area contributed by atoms with E-state index in [1.165, 1.54) is 0 Å². The highest BCUT2D eigenvalue weighted by Gasteiger charge is 2.23. The Morgan fingerprint density at radius 1 is 1.14 bits per heavy atom. The van der Waals surface area contributed by atoms with Gasteiger partial charge in [0, 0.05) is 16.6 Å². The van der Waals surface area contributed by atoms with Crippen molar-refractivity contribution in [3.63, 3.8) is 0 Å². The Balaban J connectivity index is 2.24. The van der Waals surface area contributed by atoms with Crippen LogP contribution in [0.4, 0.5) is 9.59 Å². The van der Waals surface area contributed by atoms with E-state index in [0.29, 0.717) is 19.4 Å². The normalized spacial score (nSPS) is 12.0. The molecule has 0 fully saturated rings. The van der Waals surface area contributed by atoms with E-state index in [9.17, 15) is 19.5 Å². The van der Waals surface area contributed by atoms with Crippen molar-refractivity contribution in [2.75, 3.05) is 6.54 Å². The van der Waals surface area contributed by atoms with Gasteiger partial charge in [0.15, 0.2) is 0 Å². The second kappa shape index (κ2) is 11.5. The van der Waals surface area contributed by atoms with Crippen LogP contribution in [0.1, 0.15) is 45.6 Å². The van der Waals surface area contributed by atoms with Crippen molar-refractivity contribution in [2.24, 2.45) is 0 Å². The van der Waals surface area contributed by atoms with Crippen molar-refractivity contribution in [3.05, 3.63) is 34.3 Å². The summed E-state index contributed by atoms with van der Waals surface area (Å²) in [6.45, 7) is 5.58. The molecule has 0 radical (unpaired) electrons. The Morgan fingerprint density at radius 3 is 2.43 bits per heavy atom. The summed E-state index contributed by atoms with van der Waals surface area (Å²) in [6.07, 6.45) is -0.0465. The summed E-state index contributed by atoms with van der Waals surface area (Å²) in [7, 11) is 0. The minimum Gasteiger partial charge on any atom is -0.480 e. The fourth-order valence-corrected chi connectivity index (χ4v) is 2.58. The molecule has 1 aromatic rings. The molecule has 1 aromatic carbocycles. The SMILES string of the molecule is CC(C)(C)OC(=O)N[C@H](CCCCNC(=O)OCc1ccccc1Br)C(=O)O. The van der Waals surface area contributed by atoms with E-state index in [1.54, 1.807) is 20.8 Å². The Kier molecular flexibility index (Phi) is 9.78. The third-order valence-corrected chi connectivity index (χ3v) is 4.27. The fraction of sp³-hybridized carbons (Fsp3) is 0.526. The van der Waals surface area contributed by atoms with E-state index in [0.717, 1.165) is 10.0 Å². The first-order valence-electron chi connectivity index (χ1n) is 8.95. The summed E-state index contributed by atoms with van der Waals surface area (Å²) in [6, 6.07) is 6.39. The summed E-state index contributed by atoms with van der Waals surface area (Å²) < 4.78 is 11.0. The maximum atomic E-state index is 11.7. The van der Waals surface area contributed by atoms with Crippen LogP contribution >= 0.6 is 15.9 Å². The molecule has 0 saturated carbocycles. The van der Waals surface area contributed by atoms with Crippen molar-refractivity contribution in [2.45, 2.75) is 58.3 Å². The highest BCUT2D eigenvalue weighted by Crippen LogP contribution is 2.16. The number of hydrogen-bond donors (Lipinski definition) is 3. The molecule has 0 aliphatic rings. The molecule has 0 saturated heterocycles. The number of carbonyl (C=O) groups is 3. The van der Waals surface area contributed by atoms with Crippen LogP contribution in [0, 0.1) is 0 Å². The number of benzene rings is 1. The number of carbonyl (C=O) groups excluding carboxylic acids is 2. The van der Waals surface area contributed by atoms with E-state index in [1.807, 2.05) is 24.3 Å². The smallest absolute Gasteiger partial charge is 0.408 e. The molecule has 0 heterocycles. The Morgan fingerprint density at radius 2 is 1.82 bits per heavy atom. The van der Waals surface area contributed by atoms with Gasteiger partial charge in [0.05, 0.1) is 0 Å². The summed E-state index contributed by atoms with van der Waals surface area (Å²) in [5.41, 5.74) is 0.155. The largest absolute Gasteiger partial charge is 0.480 e. The van der Waals surface area contributed by atoms with Crippen LogP contribution in [0.2, 0.25) is 0 Å². The van der Waals surface area contributed by atoms with Gasteiger partial charge in [-0.3, -0.25) is 0 Å². The lowest BCUT2D eigenvalue weighted by atomic mass is 10.1. The summed E-state index contributed by atoms with van der Waals surface area (Å²) >= 11 is 3.38. The number of unbranched alkanes of at least 4 members (excludes halogenated alkanes) is 1. The van der Waals surface area contributed by atoms with Crippen LogP contribution in [0.15, 0.2) is 28.7 Å². The molecule has 0 spiro atoms. The highest BCUT2D eigenvalue weighted by molar-refractivity contribution is 9.10. The third kappa shape index (κ3) is 10.1. The zero-order chi connectivity index (χ0) is 21.2.